The number of hydrogen-bond acceptors (Lipinski definition) is 1. The summed E-state index contributed by atoms with van der Waals surface area (Å²) in [4.78, 5) is 0. The fourth-order valence-electron chi connectivity index (χ4n) is 3.87. The molecule has 2 rings (SSSR count). The molecule has 0 unspecified atom stereocenters. The Morgan fingerprint density at radius 3 is 2.70 bits per heavy atom. The summed E-state index contributed by atoms with van der Waals surface area (Å²) in [7, 11) is 0. The van der Waals surface area contributed by atoms with E-state index >= 15 is 0 Å². The lowest BCUT2D eigenvalue weighted by Gasteiger charge is -2.33. The van der Waals surface area contributed by atoms with Gasteiger partial charge in [-0.1, -0.05) is 60.9 Å². The van der Waals surface area contributed by atoms with Crippen molar-refractivity contribution in [1.82, 2.24) is 0 Å². The van der Waals surface area contributed by atoms with E-state index in [-0.39, 0.29) is 0 Å². The first-order chi connectivity index (χ1) is 10.9. The Labute approximate surface area is 142 Å². The smallest absolute Gasteiger partial charge is 0.0112 e. The largest absolute Gasteiger partial charge is 0.327 e. The second kappa shape index (κ2) is 7.97. The first-order valence-corrected chi connectivity index (χ1v) is 9.08. The Balaban J connectivity index is 2.15. The molecule has 0 radical (unpaired) electrons. The summed E-state index contributed by atoms with van der Waals surface area (Å²) in [5.74, 6) is 0. The molecule has 2 aliphatic carbocycles. The Bertz CT molecular complexity index is 579. The van der Waals surface area contributed by atoms with Gasteiger partial charge in [0.05, 0.1) is 0 Å². The maximum atomic E-state index is 5.64. The third-order valence-electron chi connectivity index (χ3n) is 5.15. The molecule has 0 aliphatic heterocycles. The van der Waals surface area contributed by atoms with E-state index in [9.17, 15) is 0 Å². The van der Waals surface area contributed by atoms with Crippen LogP contribution in [0.3, 0.4) is 0 Å². The van der Waals surface area contributed by atoms with Crippen molar-refractivity contribution in [2.45, 2.75) is 66.2 Å². The average Bonchev–Trinajstić information content (AvgIpc) is 2.46. The first kappa shape index (κ1) is 18.0. The van der Waals surface area contributed by atoms with Gasteiger partial charge in [-0.25, -0.2) is 0 Å². The van der Waals surface area contributed by atoms with Gasteiger partial charge in [-0.2, -0.15) is 0 Å². The molecule has 0 saturated heterocycles. The molecule has 126 valence electrons. The van der Waals surface area contributed by atoms with Crippen molar-refractivity contribution in [3.05, 3.63) is 58.2 Å². The van der Waals surface area contributed by atoms with Gasteiger partial charge >= 0.3 is 0 Å². The molecule has 2 aliphatic rings. The fraction of sp³-hybridized carbons (Fsp3) is 0.545. The van der Waals surface area contributed by atoms with Crippen LogP contribution in [0, 0.1) is 5.41 Å². The Morgan fingerprint density at radius 2 is 2.00 bits per heavy atom. The van der Waals surface area contributed by atoms with Crippen molar-refractivity contribution in [3.8, 4) is 0 Å². The highest BCUT2D eigenvalue weighted by Crippen LogP contribution is 2.40. The summed E-state index contributed by atoms with van der Waals surface area (Å²) >= 11 is 0. The minimum atomic E-state index is 0.320. The van der Waals surface area contributed by atoms with Crippen molar-refractivity contribution in [1.29, 1.82) is 0 Å². The minimum Gasteiger partial charge on any atom is -0.327 e. The zero-order valence-corrected chi connectivity index (χ0v) is 15.4. The van der Waals surface area contributed by atoms with Gasteiger partial charge in [-0.15, -0.1) is 0 Å². The quantitative estimate of drug-likeness (QED) is 0.632. The molecule has 0 fully saturated rings. The molecule has 2 N–H and O–H groups in total. The monoisotopic (exact) mass is 311 g/mol. The van der Waals surface area contributed by atoms with E-state index in [2.05, 4.69) is 58.1 Å². The third-order valence-corrected chi connectivity index (χ3v) is 5.15. The summed E-state index contributed by atoms with van der Waals surface area (Å²) in [6, 6.07) is 0. The van der Waals surface area contributed by atoms with Crippen LogP contribution in [0.15, 0.2) is 58.2 Å². The second-order valence-electron chi connectivity index (χ2n) is 7.74. The van der Waals surface area contributed by atoms with Gasteiger partial charge in [0.2, 0.25) is 0 Å². The molecular weight excluding hydrogens is 278 g/mol. The second-order valence-corrected chi connectivity index (χ2v) is 7.74. The summed E-state index contributed by atoms with van der Waals surface area (Å²) < 4.78 is 0. The van der Waals surface area contributed by atoms with E-state index in [4.69, 9.17) is 5.73 Å². The molecule has 0 aromatic rings. The van der Waals surface area contributed by atoms with Gasteiger partial charge in [0, 0.05) is 6.54 Å². The SMILES string of the molecule is CC1=C(/C=C/C(C)=C/C2=CC(=C/CN)/CCC2)C(C)(C)CCC1. The van der Waals surface area contributed by atoms with Crippen molar-refractivity contribution >= 4 is 0 Å². The highest BCUT2D eigenvalue weighted by Gasteiger charge is 2.26. The van der Waals surface area contributed by atoms with Crippen LogP contribution in [0.25, 0.3) is 0 Å². The van der Waals surface area contributed by atoms with E-state index in [1.54, 1.807) is 5.57 Å². The van der Waals surface area contributed by atoms with Crippen molar-refractivity contribution in [2.75, 3.05) is 6.54 Å². The molecule has 0 heterocycles. The van der Waals surface area contributed by atoms with E-state index in [1.807, 2.05) is 0 Å². The maximum absolute atomic E-state index is 5.64. The lowest BCUT2D eigenvalue weighted by atomic mass is 9.72. The molecule has 1 heteroatoms. The van der Waals surface area contributed by atoms with Gasteiger partial charge in [0.1, 0.15) is 0 Å². The van der Waals surface area contributed by atoms with Crippen molar-refractivity contribution < 1.29 is 0 Å². The van der Waals surface area contributed by atoms with Crippen molar-refractivity contribution in [2.24, 2.45) is 11.1 Å². The molecule has 0 spiro atoms. The van der Waals surface area contributed by atoms with Gasteiger partial charge in [0.25, 0.3) is 0 Å². The number of nitrogens with two attached hydrogens (primary N) is 1. The highest BCUT2D eigenvalue weighted by atomic mass is 14.5. The third kappa shape index (κ3) is 5.07. The van der Waals surface area contributed by atoms with E-state index in [0.29, 0.717) is 12.0 Å². The van der Waals surface area contributed by atoms with E-state index in [0.717, 1.165) is 0 Å². The highest BCUT2D eigenvalue weighted by molar-refractivity contribution is 5.40. The van der Waals surface area contributed by atoms with Crippen molar-refractivity contribution in [3.63, 3.8) is 0 Å². The van der Waals surface area contributed by atoms with Gasteiger partial charge in [-0.05, 0) is 68.9 Å². The molecule has 0 aromatic heterocycles. The summed E-state index contributed by atoms with van der Waals surface area (Å²) in [6.45, 7) is 9.91. The molecular formula is C22H33N. The summed E-state index contributed by atoms with van der Waals surface area (Å²) in [5, 5.41) is 0. The predicted octanol–water partition coefficient (Wildman–Crippen LogP) is 6.01. The van der Waals surface area contributed by atoms with Crippen LogP contribution in [0.1, 0.15) is 66.2 Å². The molecule has 0 amide bonds. The standard InChI is InChI=1S/C22H33N/c1-17(15-20-9-5-8-19(16-20)12-14-23)10-11-21-18(2)7-6-13-22(21,3)4/h10-12,15-16H,5-9,13-14,23H2,1-4H3/b11-10+,17-15+,19-12+. The molecule has 0 bridgehead atoms. The lowest BCUT2D eigenvalue weighted by Crippen LogP contribution is -2.19. The normalized spacial score (nSPS) is 24.5. The Kier molecular flexibility index (Phi) is 6.24. The predicted molar refractivity (Wildman–Crippen MR) is 102 cm³/mol. The van der Waals surface area contributed by atoms with E-state index in [1.165, 1.54) is 60.8 Å². The summed E-state index contributed by atoms with van der Waals surface area (Å²) in [5.41, 5.74) is 13.2. The fourth-order valence-corrected chi connectivity index (χ4v) is 3.87. The Hall–Kier alpha value is -1.34. The molecule has 0 saturated carbocycles. The average molecular weight is 312 g/mol. The topological polar surface area (TPSA) is 26.0 Å². The lowest BCUT2D eigenvalue weighted by molar-refractivity contribution is 0.377. The van der Waals surface area contributed by atoms with Crippen LogP contribution in [0.5, 0.6) is 0 Å². The van der Waals surface area contributed by atoms with Crippen LogP contribution in [-0.4, -0.2) is 6.54 Å². The zero-order valence-electron chi connectivity index (χ0n) is 15.4. The molecule has 0 aromatic carbocycles. The summed E-state index contributed by atoms with van der Waals surface area (Å²) in [6.07, 6.45) is 18.9. The molecule has 23 heavy (non-hydrogen) atoms. The Morgan fingerprint density at radius 1 is 1.22 bits per heavy atom. The van der Waals surface area contributed by atoms with Crippen LogP contribution < -0.4 is 5.73 Å². The van der Waals surface area contributed by atoms with Crippen LogP contribution in [0.2, 0.25) is 0 Å². The minimum absolute atomic E-state index is 0.320. The zero-order chi connectivity index (χ0) is 16.9. The number of hydrogen-bond donors (Lipinski definition) is 1. The van der Waals surface area contributed by atoms with E-state index < -0.39 is 0 Å². The van der Waals surface area contributed by atoms with Gasteiger partial charge < -0.3 is 5.73 Å². The molecule has 1 nitrogen and oxygen atoms in total. The maximum Gasteiger partial charge on any atom is 0.0112 e. The molecule has 0 atom stereocenters. The number of rotatable bonds is 4. The van der Waals surface area contributed by atoms with Gasteiger partial charge in [-0.3, -0.25) is 0 Å². The van der Waals surface area contributed by atoms with Crippen LogP contribution in [-0.2, 0) is 0 Å². The number of allylic oxidation sites excluding steroid dienone is 9. The van der Waals surface area contributed by atoms with Crippen LogP contribution >= 0.6 is 0 Å². The first-order valence-electron chi connectivity index (χ1n) is 9.08. The van der Waals surface area contributed by atoms with Crippen LogP contribution in [0.4, 0.5) is 0 Å². The van der Waals surface area contributed by atoms with Gasteiger partial charge in [0.15, 0.2) is 0 Å².